The fourth-order valence-corrected chi connectivity index (χ4v) is 3.47. The van der Waals surface area contributed by atoms with E-state index in [1.807, 2.05) is 0 Å². The van der Waals surface area contributed by atoms with Gasteiger partial charge in [0.1, 0.15) is 22.3 Å². The van der Waals surface area contributed by atoms with Gasteiger partial charge in [0.15, 0.2) is 5.69 Å². The molecule has 1 aromatic heterocycles. The van der Waals surface area contributed by atoms with E-state index in [-0.39, 0.29) is 17.1 Å². The molecule has 0 N–H and O–H groups in total. The smallest absolute Gasteiger partial charge is 0.278 e. The molecule has 0 bridgehead atoms. The summed E-state index contributed by atoms with van der Waals surface area (Å²) in [6, 6.07) is 10.0. The number of halogens is 5. The summed E-state index contributed by atoms with van der Waals surface area (Å²) in [4.78, 5) is 12.7. The molecule has 4 nitrogen and oxygen atoms in total. The van der Waals surface area contributed by atoms with E-state index in [0.717, 1.165) is 34.6 Å². The van der Waals surface area contributed by atoms with Crippen molar-refractivity contribution in [2.75, 3.05) is 4.90 Å². The Morgan fingerprint density at radius 3 is 2.29 bits per heavy atom. The summed E-state index contributed by atoms with van der Waals surface area (Å²) in [6.45, 7) is 0. The number of rotatable bonds is 5. The molecule has 0 atom stereocenters. The zero-order valence-corrected chi connectivity index (χ0v) is 15.1. The predicted octanol–water partition coefficient (Wildman–Crippen LogP) is 5.16. The molecule has 3 rings (SSSR count). The summed E-state index contributed by atoms with van der Waals surface area (Å²) >= 11 is 0.842. The lowest BCUT2D eigenvalue weighted by Gasteiger charge is -2.20. The van der Waals surface area contributed by atoms with Crippen LogP contribution < -0.4 is 4.90 Å². The molecule has 0 saturated carbocycles. The van der Waals surface area contributed by atoms with Crippen LogP contribution >= 0.6 is 11.8 Å². The van der Waals surface area contributed by atoms with E-state index in [9.17, 15) is 26.7 Å². The predicted molar refractivity (Wildman–Crippen MR) is 93.3 cm³/mol. The van der Waals surface area contributed by atoms with Crippen LogP contribution in [0.1, 0.15) is 5.69 Å². The first-order valence-electron chi connectivity index (χ1n) is 7.79. The Bertz CT molecular complexity index is 1000. The number of hydrogen-bond acceptors (Lipinski definition) is 3. The molecule has 0 aliphatic heterocycles. The first-order chi connectivity index (χ1) is 13.2. The van der Waals surface area contributed by atoms with Gasteiger partial charge in [-0.3, -0.25) is 14.4 Å². The summed E-state index contributed by atoms with van der Waals surface area (Å²) < 4.78 is 69.0. The Kier molecular flexibility index (Phi) is 5.41. The second-order valence-corrected chi connectivity index (χ2v) is 6.67. The van der Waals surface area contributed by atoms with Crippen molar-refractivity contribution >= 4 is 29.5 Å². The van der Waals surface area contributed by atoms with Crippen molar-refractivity contribution in [3.8, 4) is 0 Å². The van der Waals surface area contributed by atoms with Gasteiger partial charge in [0, 0.05) is 11.9 Å². The molecule has 0 radical (unpaired) electrons. The maximum absolute atomic E-state index is 14.2. The Morgan fingerprint density at radius 1 is 1.07 bits per heavy atom. The highest BCUT2D eigenvalue weighted by Gasteiger charge is 2.41. The number of alkyl halides is 3. The Balaban J connectivity index is 2.20. The first kappa shape index (κ1) is 19.9. The van der Waals surface area contributed by atoms with Crippen molar-refractivity contribution < 1.29 is 26.7 Å². The molecule has 0 saturated heterocycles. The average Bonchev–Trinajstić information content (AvgIpc) is 2.96. The van der Waals surface area contributed by atoms with Crippen LogP contribution in [0, 0.1) is 11.6 Å². The van der Waals surface area contributed by atoms with Crippen molar-refractivity contribution in [3.05, 3.63) is 65.9 Å². The average molecular weight is 413 g/mol. The van der Waals surface area contributed by atoms with Crippen molar-refractivity contribution in [1.82, 2.24) is 9.78 Å². The van der Waals surface area contributed by atoms with Crippen LogP contribution in [-0.4, -0.2) is 16.2 Å². The quantitative estimate of drug-likeness (QED) is 0.428. The van der Waals surface area contributed by atoms with E-state index < -0.39 is 29.2 Å². The highest BCUT2D eigenvalue weighted by molar-refractivity contribution is 7.99. The van der Waals surface area contributed by atoms with Gasteiger partial charge in [0.25, 0.3) is 0 Å². The fourth-order valence-electron chi connectivity index (χ4n) is 2.51. The van der Waals surface area contributed by atoms with Crippen LogP contribution in [0.4, 0.5) is 33.3 Å². The molecule has 3 aromatic rings. The lowest BCUT2D eigenvalue weighted by atomic mass is 10.2. The third-order valence-electron chi connectivity index (χ3n) is 3.73. The number of aryl methyl sites for hydroxylation is 1. The highest BCUT2D eigenvalue weighted by Crippen LogP contribution is 2.45. The normalized spacial score (nSPS) is 11.5. The molecule has 0 aliphatic rings. The maximum Gasteiger partial charge on any atom is 0.437 e. The molecular weight excluding hydrogens is 401 g/mol. The summed E-state index contributed by atoms with van der Waals surface area (Å²) in [5.41, 5.74) is -2.30. The van der Waals surface area contributed by atoms with Crippen molar-refractivity contribution in [2.24, 2.45) is 7.05 Å². The minimum atomic E-state index is -4.89. The van der Waals surface area contributed by atoms with Gasteiger partial charge in [-0.25, -0.2) is 8.78 Å². The Labute approximate surface area is 160 Å². The number of amides is 1. The van der Waals surface area contributed by atoms with Crippen LogP contribution in [0.5, 0.6) is 0 Å². The van der Waals surface area contributed by atoms with Gasteiger partial charge in [-0.05, 0) is 36.4 Å². The molecule has 146 valence electrons. The van der Waals surface area contributed by atoms with E-state index in [2.05, 4.69) is 5.10 Å². The highest BCUT2D eigenvalue weighted by atomic mass is 32.2. The van der Waals surface area contributed by atoms with Crippen LogP contribution in [0.25, 0.3) is 0 Å². The van der Waals surface area contributed by atoms with Crippen molar-refractivity contribution in [3.63, 3.8) is 0 Å². The van der Waals surface area contributed by atoms with Crippen LogP contribution in [0.15, 0.2) is 58.5 Å². The van der Waals surface area contributed by atoms with Gasteiger partial charge in [0.05, 0.1) is 5.69 Å². The van der Waals surface area contributed by atoms with E-state index in [4.69, 9.17) is 0 Å². The van der Waals surface area contributed by atoms with E-state index in [0.29, 0.717) is 9.80 Å². The Hall–Kier alpha value is -2.88. The second kappa shape index (κ2) is 7.63. The topological polar surface area (TPSA) is 38.1 Å². The standard InChI is InChI=1S/C18H12F5N3OS/c1-25-17(28-12-8-6-11(19)7-9-12)15(16(24-25)18(21,22)23)26(10-27)14-5-3-2-4-13(14)20/h2-10H,1H3. The number of nitrogens with zero attached hydrogens (tertiary/aromatic N) is 3. The number of anilines is 2. The summed E-state index contributed by atoms with van der Waals surface area (Å²) in [6.07, 6.45) is -4.79. The fraction of sp³-hybridized carbons (Fsp3) is 0.111. The van der Waals surface area contributed by atoms with E-state index >= 15 is 0 Å². The van der Waals surface area contributed by atoms with E-state index in [1.54, 1.807) is 0 Å². The number of benzene rings is 2. The molecule has 2 aromatic carbocycles. The van der Waals surface area contributed by atoms with Gasteiger partial charge in [-0.2, -0.15) is 18.3 Å². The van der Waals surface area contributed by atoms with Gasteiger partial charge in [-0.1, -0.05) is 23.9 Å². The lowest BCUT2D eigenvalue weighted by Crippen LogP contribution is -2.20. The largest absolute Gasteiger partial charge is 0.437 e. The number of carbonyl (C=O) groups excluding carboxylic acids is 1. The molecule has 1 heterocycles. The molecule has 10 heteroatoms. The van der Waals surface area contributed by atoms with Gasteiger partial charge < -0.3 is 0 Å². The third-order valence-corrected chi connectivity index (χ3v) is 4.88. The molecule has 0 aliphatic carbocycles. The second-order valence-electron chi connectivity index (χ2n) is 5.61. The number of aromatic nitrogens is 2. The van der Waals surface area contributed by atoms with Crippen molar-refractivity contribution in [1.29, 1.82) is 0 Å². The molecule has 0 fully saturated rings. The number of para-hydroxylation sites is 1. The van der Waals surface area contributed by atoms with E-state index in [1.165, 1.54) is 37.4 Å². The third kappa shape index (κ3) is 3.86. The SMILES string of the molecule is Cn1nc(C(F)(F)F)c(N(C=O)c2ccccc2F)c1Sc1ccc(F)cc1. The first-order valence-corrected chi connectivity index (χ1v) is 8.60. The molecule has 0 unspecified atom stereocenters. The van der Waals surface area contributed by atoms with Gasteiger partial charge >= 0.3 is 6.18 Å². The molecule has 1 amide bonds. The zero-order chi connectivity index (χ0) is 20.5. The summed E-state index contributed by atoms with van der Waals surface area (Å²) in [5.74, 6) is -1.38. The van der Waals surface area contributed by atoms with Gasteiger partial charge in [-0.15, -0.1) is 0 Å². The lowest BCUT2D eigenvalue weighted by molar-refractivity contribution is -0.140. The number of carbonyl (C=O) groups is 1. The number of hydrogen-bond donors (Lipinski definition) is 0. The molecule has 0 spiro atoms. The zero-order valence-electron chi connectivity index (χ0n) is 14.2. The summed E-state index contributed by atoms with van der Waals surface area (Å²) in [7, 11) is 1.27. The monoisotopic (exact) mass is 413 g/mol. The van der Waals surface area contributed by atoms with Crippen LogP contribution in [0.2, 0.25) is 0 Å². The maximum atomic E-state index is 14.2. The van der Waals surface area contributed by atoms with Gasteiger partial charge in [0.2, 0.25) is 6.41 Å². The van der Waals surface area contributed by atoms with Crippen molar-refractivity contribution in [2.45, 2.75) is 16.1 Å². The van der Waals surface area contributed by atoms with Crippen LogP contribution in [-0.2, 0) is 18.0 Å². The van der Waals surface area contributed by atoms with Crippen LogP contribution in [0.3, 0.4) is 0 Å². The minimum absolute atomic E-state index is 0.0608. The minimum Gasteiger partial charge on any atom is -0.278 e. The summed E-state index contributed by atoms with van der Waals surface area (Å²) in [5, 5.41) is 3.43. The molecule has 28 heavy (non-hydrogen) atoms. The molecular formula is C18H12F5N3OS. The Morgan fingerprint density at radius 2 is 1.71 bits per heavy atom.